The van der Waals surface area contributed by atoms with Crippen LogP contribution in [0.2, 0.25) is 0 Å². The van der Waals surface area contributed by atoms with Gasteiger partial charge in [-0.1, -0.05) is 0 Å². The van der Waals surface area contributed by atoms with Gasteiger partial charge in [0.05, 0.1) is 5.56 Å². The number of hydrogen-bond donors (Lipinski definition) is 0. The maximum Gasteiger partial charge on any atom is 0.139 e. The predicted octanol–water partition coefficient (Wildman–Crippen LogP) is 1.75. The fourth-order valence-corrected chi connectivity index (χ4v) is 1.41. The first-order valence-electron chi connectivity index (χ1n) is 4.04. The van der Waals surface area contributed by atoms with Gasteiger partial charge in [-0.05, 0) is 19.1 Å². The van der Waals surface area contributed by atoms with Crippen LogP contribution in [0.3, 0.4) is 0 Å². The lowest BCUT2D eigenvalue weighted by Gasteiger charge is -1.96. The fraction of sp³-hybridized carbons (Fsp3) is 0.200. The van der Waals surface area contributed by atoms with Crippen LogP contribution >= 0.6 is 0 Å². The van der Waals surface area contributed by atoms with Crippen LogP contribution in [0.5, 0.6) is 0 Å². The van der Waals surface area contributed by atoms with Crippen molar-refractivity contribution >= 4 is 11.0 Å². The number of rotatable bonds is 0. The third-order valence-electron chi connectivity index (χ3n) is 2.24. The molecule has 0 aliphatic rings. The van der Waals surface area contributed by atoms with Crippen LogP contribution in [-0.2, 0) is 7.05 Å². The standard InChI is InChI=1S/C10H9N3/c1-7-3-9-4-8(5-11)6-12-10(9)13(7)2/h3-4,6H,1-2H3. The number of aryl methyl sites for hydroxylation is 2. The topological polar surface area (TPSA) is 41.6 Å². The molecule has 0 amide bonds. The summed E-state index contributed by atoms with van der Waals surface area (Å²) in [5, 5.41) is 9.70. The maximum absolute atomic E-state index is 8.68. The molecule has 0 aliphatic heterocycles. The Kier molecular flexibility index (Phi) is 1.56. The molecule has 3 nitrogen and oxygen atoms in total. The van der Waals surface area contributed by atoms with Crippen molar-refractivity contribution < 1.29 is 0 Å². The Morgan fingerprint density at radius 2 is 2.23 bits per heavy atom. The number of nitriles is 1. The molecule has 2 aromatic heterocycles. The zero-order chi connectivity index (χ0) is 9.42. The molecule has 3 heteroatoms. The van der Waals surface area contributed by atoms with Crippen molar-refractivity contribution in [1.82, 2.24) is 9.55 Å². The van der Waals surface area contributed by atoms with Gasteiger partial charge in [-0.3, -0.25) is 0 Å². The van der Waals surface area contributed by atoms with E-state index in [1.807, 2.05) is 30.7 Å². The average Bonchev–Trinajstić information content (AvgIpc) is 2.42. The van der Waals surface area contributed by atoms with Crippen LogP contribution in [-0.4, -0.2) is 9.55 Å². The Bertz CT molecular complexity index is 503. The predicted molar refractivity (Wildman–Crippen MR) is 50.2 cm³/mol. The highest BCUT2D eigenvalue weighted by atomic mass is 15.0. The Balaban J connectivity index is 2.82. The summed E-state index contributed by atoms with van der Waals surface area (Å²) in [5.74, 6) is 0. The van der Waals surface area contributed by atoms with Crippen molar-refractivity contribution in [2.45, 2.75) is 6.92 Å². The molecule has 0 aromatic carbocycles. The first kappa shape index (κ1) is 7.81. The second-order valence-corrected chi connectivity index (χ2v) is 3.09. The number of nitrogens with zero attached hydrogens (tertiary/aromatic N) is 3. The third-order valence-corrected chi connectivity index (χ3v) is 2.24. The van der Waals surface area contributed by atoms with E-state index >= 15 is 0 Å². The molecule has 0 atom stereocenters. The van der Waals surface area contributed by atoms with E-state index in [0.29, 0.717) is 5.56 Å². The van der Waals surface area contributed by atoms with E-state index in [1.165, 1.54) is 0 Å². The minimum atomic E-state index is 0.609. The van der Waals surface area contributed by atoms with Crippen molar-refractivity contribution in [3.63, 3.8) is 0 Å². The molecule has 0 spiro atoms. The summed E-state index contributed by atoms with van der Waals surface area (Å²) in [4.78, 5) is 4.21. The molecular formula is C10H9N3. The summed E-state index contributed by atoms with van der Waals surface area (Å²) in [6, 6.07) is 5.96. The Morgan fingerprint density at radius 3 is 2.92 bits per heavy atom. The Labute approximate surface area is 76.2 Å². The first-order chi connectivity index (χ1) is 6.22. The molecule has 0 saturated carbocycles. The number of hydrogen-bond acceptors (Lipinski definition) is 2. The van der Waals surface area contributed by atoms with Crippen molar-refractivity contribution in [2.75, 3.05) is 0 Å². The first-order valence-corrected chi connectivity index (χ1v) is 4.04. The second kappa shape index (κ2) is 2.60. The molecule has 13 heavy (non-hydrogen) atoms. The number of aromatic nitrogens is 2. The van der Waals surface area contributed by atoms with Gasteiger partial charge in [0.15, 0.2) is 0 Å². The van der Waals surface area contributed by atoms with Crippen LogP contribution in [0.1, 0.15) is 11.3 Å². The molecule has 0 fully saturated rings. The van der Waals surface area contributed by atoms with Gasteiger partial charge in [-0.15, -0.1) is 0 Å². The highest BCUT2D eigenvalue weighted by Gasteiger charge is 2.03. The number of pyridine rings is 1. The third kappa shape index (κ3) is 1.07. The highest BCUT2D eigenvalue weighted by molar-refractivity contribution is 5.78. The monoisotopic (exact) mass is 171 g/mol. The quantitative estimate of drug-likeness (QED) is 0.606. The summed E-state index contributed by atoms with van der Waals surface area (Å²) in [5.41, 5.74) is 2.69. The lowest BCUT2D eigenvalue weighted by atomic mass is 10.2. The molecule has 2 heterocycles. The summed E-state index contributed by atoms with van der Waals surface area (Å²) >= 11 is 0. The molecule has 2 aromatic rings. The molecule has 0 saturated heterocycles. The number of fused-ring (bicyclic) bond motifs is 1. The van der Waals surface area contributed by atoms with Crippen LogP contribution in [0.25, 0.3) is 11.0 Å². The van der Waals surface area contributed by atoms with E-state index in [-0.39, 0.29) is 0 Å². The lowest BCUT2D eigenvalue weighted by molar-refractivity contribution is 0.902. The average molecular weight is 171 g/mol. The van der Waals surface area contributed by atoms with Gasteiger partial charge in [0.1, 0.15) is 11.7 Å². The maximum atomic E-state index is 8.68. The minimum absolute atomic E-state index is 0.609. The van der Waals surface area contributed by atoms with Gasteiger partial charge >= 0.3 is 0 Å². The van der Waals surface area contributed by atoms with Crippen molar-refractivity contribution in [3.8, 4) is 6.07 Å². The second-order valence-electron chi connectivity index (χ2n) is 3.09. The van der Waals surface area contributed by atoms with E-state index in [9.17, 15) is 0 Å². The molecule has 64 valence electrons. The molecule has 2 rings (SSSR count). The van der Waals surface area contributed by atoms with Gasteiger partial charge in [0.2, 0.25) is 0 Å². The van der Waals surface area contributed by atoms with Gasteiger partial charge < -0.3 is 4.57 Å². The van der Waals surface area contributed by atoms with Gasteiger partial charge in [0.25, 0.3) is 0 Å². The largest absolute Gasteiger partial charge is 0.333 e. The van der Waals surface area contributed by atoms with Crippen LogP contribution in [0, 0.1) is 18.3 Å². The summed E-state index contributed by atoms with van der Waals surface area (Å²) in [7, 11) is 1.97. The van der Waals surface area contributed by atoms with Crippen molar-refractivity contribution in [2.24, 2.45) is 7.05 Å². The molecule has 0 unspecified atom stereocenters. The van der Waals surface area contributed by atoms with E-state index in [4.69, 9.17) is 5.26 Å². The van der Waals surface area contributed by atoms with E-state index in [2.05, 4.69) is 11.1 Å². The fourth-order valence-electron chi connectivity index (χ4n) is 1.41. The van der Waals surface area contributed by atoms with Gasteiger partial charge in [-0.2, -0.15) is 5.26 Å². The molecule has 0 aliphatic carbocycles. The van der Waals surface area contributed by atoms with Crippen LogP contribution in [0.15, 0.2) is 18.3 Å². The lowest BCUT2D eigenvalue weighted by Crippen LogP contribution is -1.91. The van der Waals surface area contributed by atoms with Crippen LogP contribution < -0.4 is 0 Å². The Hall–Kier alpha value is -1.82. The van der Waals surface area contributed by atoms with Crippen molar-refractivity contribution in [1.29, 1.82) is 5.26 Å². The Morgan fingerprint density at radius 1 is 1.46 bits per heavy atom. The van der Waals surface area contributed by atoms with Gasteiger partial charge in [0, 0.05) is 24.3 Å². The molecule has 0 radical (unpaired) electrons. The molecule has 0 bridgehead atoms. The smallest absolute Gasteiger partial charge is 0.139 e. The van der Waals surface area contributed by atoms with Crippen LogP contribution in [0.4, 0.5) is 0 Å². The van der Waals surface area contributed by atoms with Gasteiger partial charge in [-0.25, -0.2) is 4.98 Å². The van der Waals surface area contributed by atoms with E-state index < -0.39 is 0 Å². The van der Waals surface area contributed by atoms with E-state index in [1.54, 1.807) is 6.20 Å². The normalized spacial score (nSPS) is 10.2. The highest BCUT2D eigenvalue weighted by Crippen LogP contribution is 2.16. The summed E-state index contributed by atoms with van der Waals surface area (Å²) < 4.78 is 2.01. The van der Waals surface area contributed by atoms with Crippen molar-refractivity contribution in [3.05, 3.63) is 29.6 Å². The zero-order valence-corrected chi connectivity index (χ0v) is 7.57. The van der Waals surface area contributed by atoms with E-state index in [0.717, 1.165) is 16.7 Å². The molecular weight excluding hydrogens is 162 g/mol. The minimum Gasteiger partial charge on any atom is -0.333 e. The summed E-state index contributed by atoms with van der Waals surface area (Å²) in [6.45, 7) is 2.02. The SMILES string of the molecule is Cc1cc2cc(C#N)cnc2n1C. The summed E-state index contributed by atoms with van der Waals surface area (Å²) in [6.07, 6.45) is 1.60. The zero-order valence-electron chi connectivity index (χ0n) is 7.57. The molecule has 0 N–H and O–H groups in total.